The number of allylic oxidation sites excluding steroid dienone is 4. The van der Waals surface area contributed by atoms with Gasteiger partial charge in [0.25, 0.3) is 0 Å². The lowest BCUT2D eigenvalue weighted by atomic mass is 9.68. The highest BCUT2D eigenvalue weighted by molar-refractivity contribution is 5.70. The molecule has 8 aromatic carbocycles. The SMILES string of the molecule is COc1ccc(-c2ccc(C3CCC(C)CC3)c(F)c2F)c(F)c1F.COc1ccc(C2=CCC(C)CC2)c(F)c1F.COc1ccc(C2=CCC(C3CCC(C)CC3)CC2)c(F)c1F.COc1ccc(C2CCC(C3CCC(C)CC3)CC2)c(F)c1F.Cc1ccc(-c2ccc(C3CCC(C)CC3)c(F)c2F)c(F)c1F.Cc1ccc(C2CCC(C3CCC(C)CC3)CC2)c(F)c1F.[HH].[HH].[HH].[HH].[HH].[HH].[HH]. The molecule has 0 heterocycles. The summed E-state index contributed by atoms with van der Waals surface area (Å²) in [5.74, 6) is -5.57. The van der Waals surface area contributed by atoms with Gasteiger partial charge in [-0.05, 0) is 350 Å². The predicted octanol–water partition coefficient (Wildman–Crippen LogP) is 37.1. The van der Waals surface area contributed by atoms with Crippen molar-refractivity contribution in [3.63, 3.8) is 0 Å². The number of hydrogen-bond donors (Lipinski definition) is 0. The molecule has 0 saturated heterocycles. The van der Waals surface area contributed by atoms with Crippen LogP contribution in [0, 0.1) is 178 Å². The van der Waals surface area contributed by atoms with E-state index in [4.69, 9.17) is 18.9 Å². The zero-order valence-electron chi connectivity index (χ0n) is 80.4. The second kappa shape index (κ2) is 48.6. The van der Waals surface area contributed by atoms with E-state index >= 15 is 0 Å². The number of methoxy groups -OCH3 is 4. The van der Waals surface area contributed by atoms with Crippen molar-refractivity contribution in [2.45, 2.75) is 297 Å². The predicted molar refractivity (Wildman–Crippen MR) is 519 cm³/mol. The lowest BCUT2D eigenvalue weighted by molar-refractivity contribution is 0.164. The van der Waals surface area contributed by atoms with Gasteiger partial charge in [-0.15, -0.1) is 0 Å². The van der Waals surface area contributed by atoms with Gasteiger partial charge in [0.2, 0.25) is 23.3 Å². The largest absolute Gasteiger partial charge is 0.494 e. The number of halogens is 16. The Balaban J connectivity index is 0.000000296. The maximum atomic E-state index is 14.6. The molecule has 7 saturated carbocycles. The van der Waals surface area contributed by atoms with Gasteiger partial charge in [-0.1, -0.05) is 172 Å². The minimum Gasteiger partial charge on any atom is -0.494 e. The van der Waals surface area contributed by atoms with Gasteiger partial charge < -0.3 is 18.9 Å². The first-order valence-corrected chi connectivity index (χ1v) is 49.5. The van der Waals surface area contributed by atoms with Crippen molar-refractivity contribution in [1.29, 1.82) is 0 Å². The molecule has 0 aromatic heterocycles. The van der Waals surface area contributed by atoms with E-state index in [0.717, 1.165) is 193 Å². The van der Waals surface area contributed by atoms with Gasteiger partial charge in [0.1, 0.15) is 0 Å². The van der Waals surface area contributed by atoms with Gasteiger partial charge in [0.05, 0.1) is 28.4 Å². The van der Waals surface area contributed by atoms with Gasteiger partial charge >= 0.3 is 0 Å². The molecule has 0 amide bonds. The molecule has 744 valence electrons. The monoisotopic (exact) mass is 1890 g/mol. The number of benzene rings is 8. The fourth-order valence-corrected chi connectivity index (χ4v) is 22.8. The summed E-state index contributed by atoms with van der Waals surface area (Å²) in [5, 5.41) is 0. The third kappa shape index (κ3) is 25.4. The van der Waals surface area contributed by atoms with Crippen LogP contribution in [-0.2, 0) is 0 Å². The van der Waals surface area contributed by atoms with E-state index in [1.165, 1.54) is 186 Å². The molecule has 0 N–H and O–H groups in total. The van der Waals surface area contributed by atoms with Crippen LogP contribution in [0.3, 0.4) is 0 Å². The highest BCUT2D eigenvalue weighted by Crippen LogP contribution is 2.50. The molecule has 20 heteroatoms. The molecular formula is C114H152F16O4. The Morgan fingerprint density at radius 1 is 0.201 bits per heavy atom. The number of rotatable bonds is 15. The summed E-state index contributed by atoms with van der Waals surface area (Å²) >= 11 is 0. The second-order valence-electron chi connectivity index (χ2n) is 40.7. The number of ether oxygens (including phenoxy) is 4. The molecule has 7 fully saturated rings. The third-order valence-corrected chi connectivity index (χ3v) is 31.8. The Bertz CT molecular complexity index is 5320. The van der Waals surface area contributed by atoms with E-state index in [9.17, 15) is 70.2 Å². The summed E-state index contributed by atoms with van der Waals surface area (Å²) < 4.78 is 245. The third-order valence-electron chi connectivity index (χ3n) is 31.8. The van der Waals surface area contributed by atoms with Gasteiger partial charge in [-0.3, -0.25) is 0 Å². The van der Waals surface area contributed by atoms with E-state index in [2.05, 4.69) is 47.6 Å². The van der Waals surface area contributed by atoms with Gasteiger partial charge in [-0.25, -0.2) is 52.7 Å². The van der Waals surface area contributed by atoms with E-state index in [0.29, 0.717) is 56.7 Å². The maximum Gasteiger partial charge on any atom is 0.201 e. The van der Waals surface area contributed by atoms with Crippen molar-refractivity contribution >= 4 is 11.1 Å². The molecule has 134 heavy (non-hydrogen) atoms. The van der Waals surface area contributed by atoms with E-state index in [-0.39, 0.29) is 84.5 Å². The first-order valence-electron chi connectivity index (χ1n) is 49.5. The van der Waals surface area contributed by atoms with E-state index < -0.39 is 93.1 Å². The molecule has 4 nitrogen and oxygen atoms in total. The molecule has 9 aliphatic rings. The van der Waals surface area contributed by atoms with Crippen molar-refractivity contribution in [3.8, 4) is 45.3 Å². The van der Waals surface area contributed by atoms with Crippen LogP contribution in [0.1, 0.15) is 338 Å². The zero-order chi connectivity index (χ0) is 96.5. The van der Waals surface area contributed by atoms with E-state index in [1.54, 1.807) is 43.3 Å². The lowest BCUT2D eigenvalue weighted by Gasteiger charge is -2.37. The van der Waals surface area contributed by atoms with Crippen LogP contribution in [0.4, 0.5) is 70.2 Å². The van der Waals surface area contributed by atoms with Crippen LogP contribution in [0.2, 0.25) is 0 Å². The van der Waals surface area contributed by atoms with Gasteiger partial charge in [0.15, 0.2) is 92.8 Å². The first kappa shape index (κ1) is 104. The highest BCUT2D eigenvalue weighted by atomic mass is 19.2. The Morgan fingerprint density at radius 3 is 0.746 bits per heavy atom. The zero-order valence-corrected chi connectivity index (χ0v) is 80.4. The molecule has 0 spiro atoms. The smallest absolute Gasteiger partial charge is 0.201 e. The topological polar surface area (TPSA) is 36.9 Å². The molecule has 8 aromatic rings. The number of hydrogen-bond acceptors (Lipinski definition) is 4. The standard InChI is InChI=1S/C20H20F4O.C20H20F4.C20H28F2O.C20H26F2O.C20H28F2.C14H16F2O.7H2/c1-11-3-5-12(6-4-11)13-7-8-14(18(22)17(13)21)15-9-10-16(25-2)20(24)19(15)23;1-11-3-6-13(7-4-11)14-9-10-16(20(24)18(14)22)15-8-5-12(2)17(21)19(15)23;2*1-13-3-5-14(6-4-13)15-7-9-16(10-8-15)17-11-12-18(23-2)20(22)19(17)21;1-13-3-6-15(7-4-13)16-8-10-17(11-9-16)18-12-5-14(2)19(21)20(18)22;1-9-3-5-10(6-4-9)11-7-8-12(17-2)14(16)13(11)15;;;;;;;/h7-12H,3-6H2,1-2H3;5,8-11,13H,3-4,6-7H2,1-2H3;11-16H,3-10H2,1-2H3;9,11-15H,3-8,10H2,1-2H3;5,12-13,15-17H,3-4,6-11H2,1-2H3;5,7-9H,3-4,6H2,1-2H3;7*1H. The number of aryl methyl sites for hydroxylation is 2. The molecule has 17 rings (SSSR count). The molecule has 0 aliphatic heterocycles. The average molecular weight is 1890 g/mol. The quantitative estimate of drug-likeness (QED) is 0.0959. The summed E-state index contributed by atoms with van der Waals surface area (Å²) in [4.78, 5) is 0. The lowest BCUT2D eigenvalue weighted by Crippen LogP contribution is -2.25. The normalized spacial score (nSPS) is 25.9. The van der Waals surface area contributed by atoms with Crippen LogP contribution in [0.25, 0.3) is 33.4 Å². The minimum absolute atomic E-state index is 0. The highest BCUT2D eigenvalue weighted by Gasteiger charge is 2.37. The molecule has 0 bridgehead atoms. The second-order valence-corrected chi connectivity index (χ2v) is 40.7. The first-order chi connectivity index (χ1) is 64.2. The van der Waals surface area contributed by atoms with Crippen molar-refractivity contribution in [2.75, 3.05) is 28.4 Å². The molecular weight excluding hydrogens is 1740 g/mol. The molecule has 2 atom stereocenters. The van der Waals surface area contributed by atoms with Crippen LogP contribution < -0.4 is 18.9 Å². The molecule has 2 unspecified atom stereocenters. The van der Waals surface area contributed by atoms with Crippen molar-refractivity contribution in [2.24, 2.45) is 71.0 Å². The Hall–Kier alpha value is -8.68. The Morgan fingerprint density at radius 2 is 0.418 bits per heavy atom. The van der Waals surface area contributed by atoms with Crippen LogP contribution >= 0.6 is 0 Å². The van der Waals surface area contributed by atoms with Crippen molar-refractivity contribution in [1.82, 2.24) is 0 Å². The summed E-state index contributed by atoms with van der Waals surface area (Å²) in [6.45, 7) is 16.6. The van der Waals surface area contributed by atoms with Crippen LogP contribution in [-0.4, -0.2) is 28.4 Å². The van der Waals surface area contributed by atoms with Gasteiger partial charge in [-0.2, -0.15) is 17.6 Å². The minimum atomic E-state index is -1.25. The summed E-state index contributed by atoms with van der Waals surface area (Å²) in [7, 11) is 5.26. The molecule has 9 aliphatic carbocycles. The van der Waals surface area contributed by atoms with Crippen molar-refractivity contribution in [3.05, 3.63) is 247 Å². The van der Waals surface area contributed by atoms with Crippen LogP contribution in [0.15, 0.2) is 109 Å². The average Bonchev–Trinajstić information content (AvgIpc) is 0.770. The van der Waals surface area contributed by atoms with Crippen LogP contribution in [0.5, 0.6) is 23.0 Å². The Kier molecular flexibility index (Phi) is 37.8. The molecule has 0 radical (unpaired) electrons. The fourth-order valence-electron chi connectivity index (χ4n) is 22.8. The summed E-state index contributed by atoms with van der Waals surface area (Å²) in [6, 6.07) is 23.8. The fraction of sp³-hybridized carbons (Fsp3) is 0.544. The summed E-state index contributed by atoms with van der Waals surface area (Å²) in [5.41, 5.74) is 3.88. The van der Waals surface area contributed by atoms with Crippen molar-refractivity contribution < 1.29 is 99.2 Å². The van der Waals surface area contributed by atoms with E-state index in [1.807, 2.05) is 6.08 Å². The maximum absolute atomic E-state index is 14.6. The summed E-state index contributed by atoms with van der Waals surface area (Å²) in [6.07, 6.45) is 42.1. The Labute approximate surface area is 795 Å². The van der Waals surface area contributed by atoms with Gasteiger partial charge in [0, 0.05) is 43.4 Å².